The van der Waals surface area contributed by atoms with Crippen molar-refractivity contribution < 1.29 is 4.74 Å². The first-order valence-corrected chi connectivity index (χ1v) is 8.37. The Morgan fingerprint density at radius 2 is 2.00 bits per heavy atom. The quantitative estimate of drug-likeness (QED) is 0.781. The number of methoxy groups -OCH3 is 1. The van der Waals surface area contributed by atoms with Crippen molar-refractivity contribution >= 4 is 16.3 Å². The molecule has 0 aliphatic rings. The molecule has 0 saturated carbocycles. The second-order valence-corrected chi connectivity index (χ2v) is 6.44. The predicted octanol–water partition coefficient (Wildman–Crippen LogP) is 3.70. The number of nitrogens with two attached hydrogens (primary N) is 1. The SMILES string of the molecule is COc1ccc(-c2csc3nc(C(C)C)c(CCN)n23)cc1. The predicted molar refractivity (Wildman–Crippen MR) is 91.9 cm³/mol. The van der Waals surface area contributed by atoms with Gasteiger partial charge in [0.05, 0.1) is 18.5 Å². The van der Waals surface area contributed by atoms with Gasteiger partial charge in [0.25, 0.3) is 0 Å². The molecule has 0 atom stereocenters. The van der Waals surface area contributed by atoms with Crippen molar-refractivity contribution in [2.45, 2.75) is 26.2 Å². The van der Waals surface area contributed by atoms with Gasteiger partial charge >= 0.3 is 0 Å². The standard InChI is InChI=1S/C17H21N3OS/c1-11(2)16-14(8-9-18)20-15(10-22-17(20)19-16)12-4-6-13(21-3)7-5-12/h4-7,10-11H,8-9,18H2,1-3H3. The Morgan fingerprint density at radius 1 is 1.27 bits per heavy atom. The van der Waals surface area contributed by atoms with Crippen molar-refractivity contribution in [2.75, 3.05) is 13.7 Å². The molecule has 22 heavy (non-hydrogen) atoms. The molecule has 2 heterocycles. The van der Waals surface area contributed by atoms with Crippen molar-refractivity contribution in [3.8, 4) is 17.0 Å². The van der Waals surface area contributed by atoms with Crippen LogP contribution in [-0.4, -0.2) is 23.0 Å². The third-order valence-corrected chi connectivity index (χ3v) is 4.63. The van der Waals surface area contributed by atoms with Gasteiger partial charge < -0.3 is 10.5 Å². The van der Waals surface area contributed by atoms with E-state index in [-0.39, 0.29) is 0 Å². The van der Waals surface area contributed by atoms with E-state index in [2.05, 4.69) is 35.8 Å². The second kappa shape index (κ2) is 6.10. The summed E-state index contributed by atoms with van der Waals surface area (Å²) in [6, 6.07) is 8.15. The highest BCUT2D eigenvalue weighted by Crippen LogP contribution is 2.32. The Hall–Kier alpha value is -1.85. The summed E-state index contributed by atoms with van der Waals surface area (Å²) in [5.41, 5.74) is 10.6. The molecule has 0 aliphatic heterocycles. The Labute approximate surface area is 134 Å². The summed E-state index contributed by atoms with van der Waals surface area (Å²) in [6.45, 7) is 4.99. The molecule has 0 aliphatic carbocycles. The van der Waals surface area contributed by atoms with E-state index in [1.807, 2.05) is 12.1 Å². The van der Waals surface area contributed by atoms with Gasteiger partial charge in [0.2, 0.25) is 0 Å². The number of hydrogen-bond donors (Lipinski definition) is 1. The van der Waals surface area contributed by atoms with Crippen LogP contribution in [0.3, 0.4) is 0 Å². The Balaban J connectivity index is 2.16. The highest BCUT2D eigenvalue weighted by atomic mass is 32.1. The summed E-state index contributed by atoms with van der Waals surface area (Å²) in [5, 5.41) is 2.16. The van der Waals surface area contributed by atoms with Crippen LogP contribution < -0.4 is 10.5 Å². The van der Waals surface area contributed by atoms with Crippen molar-refractivity contribution in [3.05, 3.63) is 41.0 Å². The fourth-order valence-corrected chi connectivity index (χ4v) is 3.66. The third-order valence-electron chi connectivity index (χ3n) is 3.80. The number of ether oxygens (including phenoxy) is 1. The van der Waals surface area contributed by atoms with Crippen LogP contribution in [0, 0.1) is 0 Å². The molecule has 0 saturated heterocycles. The maximum Gasteiger partial charge on any atom is 0.194 e. The summed E-state index contributed by atoms with van der Waals surface area (Å²) >= 11 is 1.68. The average Bonchev–Trinajstić information content (AvgIpc) is 3.08. The molecule has 0 fully saturated rings. The van der Waals surface area contributed by atoms with Crippen LogP contribution in [0.2, 0.25) is 0 Å². The van der Waals surface area contributed by atoms with Crippen LogP contribution in [0.1, 0.15) is 31.2 Å². The molecule has 5 heteroatoms. The molecular weight excluding hydrogens is 294 g/mol. The lowest BCUT2D eigenvalue weighted by Gasteiger charge is -2.08. The van der Waals surface area contributed by atoms with E-state index in [4.69, 9.17) is 15.5 Å². The number of rotatable bonds is 5. The minimum absolute atomic E-state index is 0.400. The molecular formula is C17H21N3OS. The van der Waals surface area contributed by atoms with E-state index < -0.39 is 0 Å². The number of aromatic nitrogens is 2. The normalized spacial score (nSPS) is 11.5. The number of hydrogen-bond acceptors (Lipinski definition) is 4. The van der Waals surface area contributed by atoms with E-state index in [0.717, 1.165) is 28.4 Å². The van der Waals surface area contributed by atoms with E-state index in [9.17, 15) is 0 Å². The smallest absolute Gasteiger partial charge is 0.194 e. The third kappa shape index (κ3) is 2.51. The minimum Gasteiger partial charge on any atom is -0.497 e. The van der Waals surface area contributed by atoms with Gasteiger partial charge in [-0.05, 0) is 42.3 Å². The van der Waals surface area contributed by atoms with Gasteiger partial charge in [0.1, 0.15) is 5.75 Å². The number of thiazole rings is 1. The monoisotopic (exact) mass is 315 g/mol. The van der Waals surface area contributed by atoms with E-state index in [1.165, 1.54) is 11.4 Å². The number of benzene rings is 1. The summed E-state index contributed by atoms with van der Waals surface area (Å²) in [7, 11) is 1.68. The van der Waals surface area contributed by atoms with Crippen LogP contribution in [0.4, 0.5) is 0 Å². The molecule has 3 aromatic rings. The molecule has 2 N–H and O–H groups in total. The van der Waals surface area contributed by atoms with Crippen LogP contribution >= 0.6 is 11.3 Å². The lowest BCUT2D eigenvalue weighted by atomic mass is 10.1. The maximum atomic E-state index is 5.82. The molecule has 1 aromatic carbocycles. The fraction of sp³-hybridized carbons (Fsp3) is 0.353. The number of imidazole rings is 1. The first-order chi connectivity index (χ1) is 10.7. The van der Waals surface area contributed by atoms with Gasteiger partial charge in [-0.1, -0.05) is 13.8 Å². The molecule has 0 spiro atoms. The van der Waals surface area contributed by atoms with Crippen LogP contribution in [-0.2, 0) is 6.42 Å². The van der Waals surface area contributed by atoms with Gasteiger partial charge in [-0.3, -0.25) is 4.40 Å². The van der Waals surface area contributed by atoms with Crippen molar-refractivity contribution in [1.82, 2.24) is 9.38 Å². The van der Waals surface area contributed by atoms with Gasteiger partial charge in [0.15, 0.2) is 4.96 Å². The van der Waals surface area contributed by atoms with Crippen molar-refractivity contribution in [3.63, 3.8) is 0 Å². The molecule has 4 nitrogen and oxygen atoms in total. The summed E-state index contributed by atoms with van der Waals surface area (Å²) in [6.07, 6.45) is 0.842. The van der Waals surface area contributed by atoms with Gasteiger partial charge in [0, 0.05) is 17.5 Å². The first kappa shape index (κ1) is 15.1. The lowest BCUT2D eigenvalue weighted by molar-refractivity contribution is 0.415. The molecule has 0 radical (unpaired) electrons. The number of nitrogens with zero attached hydrogens (tertiary/aromatic N) is 2. The number of fused-ring (bicyclic) bond motifs is 1. The zero-order valence-electron chi connectivity index (χ0n) is 13.2. The summed E-state index contributed by atoms with van der Waals surface area (Å²) in [4.78, 5) is 5.85. The zero-order chi connectivity index (χ0) is 15.7. The van der Waals surface area contributed by atoms with Gasteiger partial charge in [-0.15, -0.1) is 11.3 Å². The highest BCUT2D eigenvalue weighted by Gasteiger charge is 2.18. The van der Waals surface area contributed by atoms with E-state index in [1.54, 1.807) is 18.4 Å². The second-order valence-electron chi connectivity index (χ2n) is 5.60. The molecule has 3 rings (SSSR count). The van der Waals surface area contributed by atoms with E-state index in [0.29, 0.717) is 12.5 Å². The Kier molecular flexibility index (Phi) is 4.18. The Bertz CT molecular complexity index is 771. The van der Waals surface area contributed by atoms with Crippen LogP contribution in [0.5, 0.6) is 5.75 Å². The van der Waals surface area contributed by atoms with E-state index >= 15 is 0 Å². The molecule has 0 unspecified atom stereocenters. The van der Waals surface area contributed by atoms with Gasteiger partial charge in [-0.25, -0.2) is 4.98 Å². The summed E-state index contributed by atoms with van der Waals surface area (Å²) < 4.78 is 7.50. The lowest BCUT2D eigenvalue weighted by Crippen LogP contribution is -2.08. The topological polar surface area (TPSA) is 52.5 Å². The molecule has 0 bridgehead atoms. The largest absolute Gasteiger partial charge is 0.497 e. The summed E-state index contributed by atoms with van der Waals surface area (Å²) in [5.74, 6) is 1.27. The molecule has 2 aromatic heterocycles. The highest BCUT2D eigenvalue weighted by molar-refractivity contribution is 7.15. The average molecular weight is 315 g/mol. The maximum absolute atomic E-state index is 5.82. The van der Waals surface area contributed by atoms with Crippen LogP contribution in [0.15, 0.2) is 29.6 Å². The molecule has 0 amide bonds. The molecule has 116 valence electrons. The van der Waals surface area contributed by atoms with Crippen molar-refractivity contribution in [2.24, 2.45) is 5.73 Å². The fourth-order valence-electron chi connectivity index (χ4n) is 2.73. The van der Waals surface area contributed by atoms with Crippen molar-refractivity contribution in [1.29, 1.82) is 0 Å². The minimum atomic E-state index is 0.400. The van der Waals surface area contributed by atoms with Gasteiger partial charge in [-0.2, -0.15) is 0 Å². The van der Waals surface area contributed by atoms with Crippen LogP contribution in [0.25, 0.3) is 16.2 Å². The zero-order valence-corrected chi connectivity index (χ0v) is 14.0. The Morgan fingerprint density at radius 3 is 2.59 bits per heavy atom. The first-order valence-electron chi connectivity index (χ1n) is 7.49.